The fourth-order valence-corrected chi connectivity index (χ4v) is 2.48. The fourth-order valence-electron chi connectivity index (χ4n) is 2.48. The molecular weight excluding hydrogens is 318 g/mol. The highest BCUT2D eigenvalue weighted by molar-refractivity contribution is 5.95. The van der Waals surface area contributed by atoms with Crippen molar-refractivity contribution in [2.24, 2.45) is 0 Å². The van der Waals surface area contributed by atoms with Gasteiger partial charge in [0.2, 0.25) is 5.91 Å². The van der Waals surface area contributed by atoms with E-state index in [4.69, 9.17) is 4.74 Å². The standard InChI is InChI=1S/C18H19N5O2/c1-12-3-5-13(6-4-12)11-16(17-20-22-23-21-17)18(24)19-14-7-9-15(25-2)10-8-14/h3-10,16H,11H2,1-2H3,(H,19,24)(H,20,21,22,23). The van der Waals surface area contributed by atoms with Crippen molar-refractivity contribution in [2.45, 2.75) is 19.3 Å². The van der Waals surface area contributed by atoms with E-state index in [-0.39, 0.29) is 5.91 Å². The highest BCUT2D eigenvalue weighted by Crippen LogP contribution is 2.21. The molecule has 0 aliphatic rings. The minimum absolute atomic E-state index is 0.188. The lowest BCUT2D eigenvalue weighted by Gasteiger charge is -2.14. The molecule has 2 aromatic carbocycles. The van der Waals surface area contributed by atoms with E-state index in [1.165, 1.54) is 5.56 Å². The number of hydrogen-bond donors (Lipinski definition) is 2. The Kier molecular flexibility index (Phi) is 5.03. The number of methoxy groups -OCH3 is 1. The average molecular weight is 337 g/mol. The Morgan fingerprint density at radius 1 is 1.16 bits per heavy atom. The van der Waals surface area contributed by atoms with E-state index in [1.807, 2.05) is 31.2 Å². The number of carbonyl (C=O) groups is 1. The topological polar surface area (TPSA) is 92.8 Å². The van der Waals surface area contributed by atoms with Gasteiger partial charge in [0.05, 0.1) is 7.11 Å². The van der Waals surface area contributed by atoms with Crippen LogP contribution in [-0.2, 0) is 11.2 Å². The van der Waals surface area contributed by atoms with E-state index in [2.05, 4.69) is 25.9 Å². The van der Waals surface area contributed by atoms with E-state index in [0.29, 0.717) is 17.9 Å². The number of H-pyrrole nitrogens is 1. The third kappa shape index (κ3) is 4.20. The Bertz CT molecular complexity index is 814. The lowest BCUT2D eigenvalue weighted by atomic mass is 9.97. The maximum absolute atomic E-state index is 12.8. The number of aromatic amines is 1. The molecule has 1 atom stereocenters. The third-order valence-electron chi connectivity index (χ3n) is 3.91. The molecule has 0 spiro atoms. The summed E-state index contributed by atoms with van der Waals surface area (Å²) >= 11 is 0. The molecule has 0 radical (unpaired) electrons. The first-order chi connectivity index (χ1) is 12.2. The quantitative estimate of drug-likeness (QED) is 0.721. The summed E-state index contributed by atoms with van der Waals surface area (Å²) in [6.07, 6.45) is 0.488. The molecule has 128 valence electrons. The third-order valence-corrected chi connectivity index (χ3v) is 3.91. The van der Waals surface area contributed by atoms with Crippen molar-refractivity contribution in [2.75, 3.05) is 12.4 Å². The SMILES string of the molecule is COc1ccc(NC(=O)C(Cc2ccc(C)cc2)c2nn[nH]n2)cc1. The van der Waals surface area contributed by atoms with Crippen molar-refractivity contribution in [3.8, 4) is 5.75 Å². The molecule has 1 amide bonds. The van der Waals surface area contributed by atoms with Gasteiger partial charge in [-0.25, -0.2) is 0 Å². The van der Waals surface area contributed by atoms with Crippen molar-refractivity contribution in [1.82, 2.24) is 20.6 Å². The Labute approximate surface area is 145 Å². The summed E-state index contributed by atoms with van der Waals surface area (Å²) < 4.78 is 5.12. The lowest BCUT2D eigenvalue weighted by Crippen LogP contribution is -2.24. The second-order valence-corrected chi connectivity index (χ2v) is 5.73. The van der Waals surface area contributed by atoms with Gasteiger partial charge in [0.25, 0.3) is 0 Å². The zero-order chi connectivity index (χ0) is 17.6. The largest absolute Gasteiger partial charge is 0.497 e. The number of aryl methyl sites for hydroxylation is 1. The Hall–Kier alpha value is -3.22. The number of nitrogens with one attached hydrogen (secondary N) is 2. The number of nitrogens with zero attached hydrogens (tertiary/aromatic N) is 3. The molecule has 0 fully saturated rings. The molecule has 0 bridgehead atoms. The van der Waals surface area contributed by atoms with Crippen molar-refractivity contribution in [1.29, 1.82) is 0 Å². The summed E-state index contributed by atoms with van der Waals surface area (Å²) in [5.41, 5.74) is 2.89. The Morgan fingerprint density at radius 2 is 1.88 bits per heavy atom. The van der Waals surface area contributed by atoms with Gasteiger partial charge in [-0.15, -0.1) is 10.2 Å². The molecule has 7 heteroatoms. The van der Waals surface area contributed by atoms with Gasteiger partial charge in [-0.1, -0.05) is 35.0 Å². The van der Waals surface area contributed by atoms with E-state index >= 15 is 0 Å². The van der Waals surface area contributed by atoms with Gasteiger partial charge in [0, 0.05) is 5.69 Å². The molecule has 0 aliphatic carbocycles. The van der Waals surface area contributed by atoms with Crippen LogP contribution < -0.4 is 10.1 Å². The zero-order valence-corrected chi connectivity index (χ0v) is 14.1. The molecule has 3 rings (SSSR count). The van der Waals surface area contributed by atoms with Crippen molar-refractivity contribution in [3.05, 3.63) is 65.5 Å². The minimum atomic E-state index is -0.538. The predicted molar refractivity (Wildman–Crippen MR) is 93.4 cm³/mol. The van der Waals surface area contributed by atoms with E-state index in [1.54, 1.807) is 31.4 Å². The van der Waals surface area contributed by atoms with Crippen LogP contribution in [0.25, 0.3) is 0 Å². The number of amides is 1. The number of aromatic nitrogens is 4. The molecule has 3 aromatic rings. The molecule has 0 saturated carbocycles. The minimum Gasteiger partial charge on any atom is -0.497 e. The van der Waals surface area contributed by atoms with Crippen LogP contribution in [0.15, 0.2) is 48.5 Å². The summed E-state index contributed by atoms with van der Waals surface area (Å²) in [4.78, 5) is 12.8. The van der Waals surface area contributed by atoms with Crippen molar-refractivity contribution >= 4 is 11.6 Å². The summed E-state index contributed by atoms with van der Waals surface area (Å²) in [6.45, 7) is 2.02. The molecule has 1 unspecified atom stereocenters. The van der Waals surface area contributed by atoms with Gasteiger partial charge in [0.1, 0.15) is 11.7 Å². The van der Waals surface area contributed by atoms with E-state index < -0.39 is 5.92 Å². The van der Waals surface area contributed by atoms with Gasteiger partial charge in [-0.05, 0) is 43.2 Å². The van der Waals surface area contributed by atoms with Crippen LogP contribution in [0.3, 0.4) is 0 Å². The number of tetrazole rings is 1. The lowest BCUT2D eigenvalue weighted by molar-refractivity contribution is -0.117. The van der Waals surface area contributed by atoms with E-state index in [0.717, 1.165) is 11.3 Å². The maximum atomic E-state index is 12.8. The van der Waals surface area contributed by atoms with Crippen LogP contribution in [0.1, 0.15) is 22.9 Å². The normalized spacial score (nSPS) is 11.8. The molecule has 1 aromatic heterocycles. The number of ether oxygens (including phenoxy) is 1. The molecule has 0 aliphatic heterocycles. The number of anilines is 1. The first kappa shape index (κ1) is 16.6. The van der Waals surface area contributed by atoms with Gasteiger partial charge in [-0.3, -0.25) is 4.79 Å². The number of carbonyl (C=O) groups excluding carboxylic acids is 1. The summed E-state index contributed by atoms with van der Waals surface area (Å²) in [7, 11) is 1.60. The van der Waals surface area contributed by atoms with Crippen LogP contribution in [-0.4, -0.2) is 33.6 Å². The summed E-state index contributed by atoms with van der Waals surface area (Å²) in [6, 6.07) is 15.2. The second kappa shape index (κ2) is 7.57. The number of rotatable bonds is 6. The maximum Gasteiger partial charge on any atom is 0.235 e. The van der Waals surface area contributed by atoms with Crippen LogP contribution in [0, 0.1) is 6.92 Å². The average Bonchev–Trinajstić information content (AvgIpc) is 3.16. The van der Waals surface area contributed by atoms with Gasteiger partial charge >= 0.3 is 0 Å². The first-order valence-corrected chi connectivity index (χ1v) is 7.89. The molecular formula is C18H19N5O2. The molecule has 0 saturated heterocycles. The van der Waals surface area contributed by atoms with Crippen LogP contribution in [0.2, 0.25) is 0 Å². The fraction of sp³-hybridized carbons (Fsp3) is 0.222. The van der Waals surface area contributed by atoms with E-state index in [9.17, 15) is 4.79 Å². The van der Waals surface area contributed by atoms with Crippen LogP contribution in [0.5, 0.6) is 5.75 Å². The number of hydrogen-bond acceptors (Lipinski definition) is 5. The highest BCUT2D eigenvalue weighted by atomic mass is 16.5. The second-order valence-electron chi connectivity index (χ2n) is 5.73. The first-order valence-electron chi connectivity index (χ1n) is 7.89. The van der Waals surface area contributed by atoms with Crippen LogP contribution in [0.4, 0.5) is 5.69 Å². The molecule has 2 N–H and O–H groups in total. The number of benzene rings is 2. The highest BCUT2D eigenvalue weighted by Gasteiger charge is 2.25. The van der Waals surface area contributed by atoms with Gasteiger partial charge in [-0.2, -0.15) is 5.21 Å². The Morgan fingerprint density at radius 3 is 2.48 bits per heavy atom. The Balaban J connectivity index is 1.78. The van der Waals surface area contributed by atoms with Crippen LogP contribution >= 0.6 is 0 Å². The molecule has 25 heavy (non-hydrogen) atoms. The zero-order valence-electron chi connectivity index (χ0n) is 14.1. The molecule has 7 nitrogen and oxygen atoms in total. The van der Waals surface area contributed by atoms with Gasteiger partial charge in [0.15, 0.2) is 5.82 Å². The molecule has 1 heterocycles. The van der Waals surface area contributed by atoms with Crippen molar-refractivity contribution < 1.29 is 9.53 Å². The summed E-state index contributed by atoms with van der Waals surface area (Å²) in [5.74, 6) is 0.370. The smallest absolute Gasteiger partial charge is 0.235 e. The summed E-state index contributed by atoms with van der Waals surface area (Å²) in [5, 5.41) is 16.9. The monoisotopic (exact) mass is 337 g/mol. The van der Waals surface area contributed by atoms with Gasteiger partial charge < -0.3 is 10.1 Å². The predicted octanol–water partition coefficient (Wildman–Crippen LogP) is 2.48. The van der Waals surface area contributed by atoms with Crippen molar-refractivity contribution in [3.63, 3.8) is 0 Å².